The standard InChI is InChI=1S/C14H11BrO2S/c1-17-13-7-11(6-12(15)8-13)9-3-2-4-10(5-9)14(16)18/h2-8H,1H3,(H,16,18). The molecule has 0 aliphatic carbocycles. The molecule has 0 bridgehead atoms. The van der Waals surface area contributed by atoms with Gasteiger partial charge in [-0.05, 0) is 47.6 Å². The van der Waals surface area contributed by atoms with Crippen molar-refractivity contribution < 1.29 is 9.84 Å². The van der Waals surface area contributed by atoms with Crippen molar-refractivity contribution in [3.63, 3.8) is 0 Å². The Labute approximate surface area is 119 Å². The van der Waals surface area contributed by atoms with Gasteiger partial charge in [-0.1, -0.05) is 34.1 Å². The Kier molecular flexibility index (Phi) is 3.99. The van der Waals surface area contributed by atoms with Gasteiger partial charge in [0, 0.05) is 10.0 Å². The predicted molar refractivity (Wildman–Crippen MR) is 80.5 cm³/mol. The Morgan fingerprint density at radius 1 is 1.17 bits per heavy atom. The van der Waals surface area contributed by atoms with Crippen LogP contribution in [-0.4, -0.2) is 17.3 Å². The van der Waals surface area contributed by atoms with Gasteiger partial charge in [0.2, 0.25) is 0 Å². The van der Waals surface area contributed by atoms with Crippen molar-refractivity contribution in [1.29, 1.82) is 0 Å². The summed E-state index contributed by atoms with van der Waals surface area (Å²) in [5.74, 6) is 0.774. The van der Waals surface area contributed by atoms with Gasteiger partial charge in [0.15, 0.2) is 5.05 Å². The van der Waals surface area contributed by atoms with Gasteiger partial charge in [-0.2, -0.15) is 0 Å². The van der Waals surface area contributed by atoms with Crippen molar-refractivity contribution in [2.45, 2.75) is 0 Å². The highest BCUT2D eigenvalue weighted by Crippen LogP contribution is 2.29. The average Bonchev–Trinajstić information content (AvgIpc) is 2.38. The molecule has 0 saturated heterocycles. The molecular weight excluding hydrogens is 312 g/mol. The van der Waals surface area contributed by atoms with Crippen LogP contribution < -0.4 is 4.74 Å². The molecule has 0 heterocycles. The molecule has 0 aliphatic rings. The van der Waals surface area contributed by atoms with Gasteiger partial charge < -0.3 is 9.84 Å². The number of aliphatic hydroxyl groups excluding tert-OH is 1. The van der Waals surface area contributed by atoms with E-state index in [0.717, 1.165) is 21.3 Å². The smallest absolute Gasteiger partial charge is 0.188 e. The molecule has 18 heavy (non-hydrogen) atoms. The fourth-order valence-electron chi connectivity index (χ4n) is 1.68. The van der Waals surface area contributed by atoms with Crippen LogP contribution >= 0.6 is 28.1 Å². The summed E-state index contributed by atoms with van der Waals surface area (Å²) in [7, 11) is 1.63. The predicted octanol–water partition coefficient (Wildman–Crippen LogP) is 4.36. The molecule has 92 valence electrons. The van der Waals surface area contributed by atoms with E-state index in [-0.39, 0.29) is 5.05 Å². The van der Waals surface area contributed by atoms with Gasteiger partial charge in [-0.25, -0.2) is 0 Å². The highest BCUT2D eigenvalue weighted by molar-refractivity contribution is 9.10. The maximum atomic E-state index is 9.35. The lowest BCUT2D eigenvalue weighted by Gasteiger charge is -2.07. The summed E-state index contributed by atoms with van der Waals surface area (Å²) in [5, 5.41) is 9.25. The van der Waals surface area contributed by atoms with Gasteiger partial charge in [0.05, 0.1) is 7.11 Å². The summed E-state index contributed by atoms with van der Waals surface area (Å²) < 4.78 is 6.17. The van der Waals surface area contributed by atoms with E-state index in [4.69, 9.17) is 17.0 Å². The molecule has 0 atom stereocenters. The number of thiocarbonyl (C=S) groups is 1. The van der Waals surface area contributed by atoms with Gasteiger partial charge >= 0.3 is 0 Å². The molecule has 2 nitrogen and oxygen atoms in total. The van der Waals surface area contributed by atoms with E-state index in [2.05, 4.69) is 15.9 Å². The lowest BCUT2D eigenvalue weighted by molar-refractivity contribution is 0.414. The van der Waals surface area contributed by atoms with Crippen LogP contribution in [0.4, 0.5) is 0 Å². The molecule has 0 amide bonds. The summed E-state index contributed by atoms with van der Waals surface area (Å²) in [6.45, 7) is 0. The second-order valence-electron chi connectivity index (χ2n) is 3.77. The van der Waals surface area contributed by atoms with Crippen molar-refractivity contribution >= 4 is 33.2 Å². The van der Waals surface area contributed by atoms with Crippen LogP contribution in [0.2, 0.25) is 0 Å². The van der Waals surface area contributed by atoms with Crippen molar-refractivity contribution in [2.24, 2.45) is 0 Å². The van der Waals surface area contributed by atoms with Crippen LogP contribution in [0, 0.1) is 0 Å². The number of methoxy groups -OCH3 is 1. The van der Waals surface area contributed by atoms with Crippen LogP contribution in [0.15, 0.2) is 46.9 Å². The minimum Gasteiger partial charge on any atom is -0.499 e. The fraction of sp³-hybridized carbons (Fsp3) is 0.0714. The van der Waals surface area contributed by atoms with E-state index in [0.29, 0.717) is 5.56 Å². The van der Waals surface area contributed by atoms with Gasteiger partial charge in [0.25, 0.3) is 0 Å². The highest BCUT2D eigenvalue weighted by Gasteiger charge is 2.05. The van der Waals surface area contributed by atoms with E-state index < -0.39 is 0 Å². The lowest BCUT2D eigenvalue weighted by Crippen LogP contribution is -1.94. The maximum Gasteiger partial charge on any atom is 0.188 e. The monoisotopic (exact) mass is 322 g/mol. The Morgan fingerprint density at radius 3 is 2.61 bits per heavy atom. The first kappa shape index (κ1) is 13.1. The van der Waals surface area contributed by atoms with Crippen LogP contribution in [0.1, 0.15) is 5.56 Å². The van der Waals surface area contributed by atoms with Gasteiger partial charge in [-0.3, -0.25) is 0 Å². The normalized spacial score (nSPS) is 10.1. The Morgan fingerprint density at radius 2 is 1.94 bits per heavy atom. The number of benzene rings is 2. The van der Waals surface area contributed by atoms with Crippen LogP contribution in [0.3, 0.4) is 0 Å². The summed E-state index contributed by atoms with van der Waals surface area (Å²) in [6, 6.07) is 13.3. The zero-order chi connectivity index (χ0) is 13.1. The molecule has 0 unspecified atom stereocenters. The first-order valence-corrected chi connectivity index (χ1v) is 6.48. The lowest BCUT2D eigenvalue weighted by atomic mass is 10.0. The molecule has 0 aliphatic heterocycles. The Hall–Kier alpha value is -1.39. The summed E-state index contributed by atoms with van der Waals surface area (Å²) in [6.07, 6.45) is 0. The molecular formula is C14H11BrO2S. The summed E-state index contributed by atoms with van der Waals surface area (Å²) in [5.41, 5.74) is 2.62. The van der Waals surface area contributed by atoms with Crippen molar-refractivity contribution in [1.82, 2.24) is 0 Å². The van der Waals surface area contributed by atoms with Gasteiger partial charge in [0.1, 0.15) is 5.75 Å². The zero-order valence-electron chi connectivity index (χ0n) is 9.68. The summed E-state index contributed by atoms with van der Waals surface area (Å²) >= 11 is 8.21. The number of rotatable bonds is 3. The van der Waals surface area contributed by atoms with Crippen LogP contribution in [-0.2, 0) is 0 Å². The second-order valence-corrected chi connectivity index (χ2v) is 5.07. The molecule has 0 spiro atoms. The quantitative estimate of drug-likeness (QED) is 0.851. The van der Waals surface area contributed by atoms with E-state index in [1.807, 2.05) is 36.4 Å². The number of hydrogen-bond donors (Lipinski definition) is 1. The molecule has 0 saturated carbocycles. The number of hydrogen-bond acceptors (Lipinski definition) is 2. The SMILES string of the molecule is COc1cc(Br)cc(-c2cccc(C(O)=S)c2)c1. The van der Waals surface area contributed by atoms with Crippen LogP contribution in [0.5, 0.6) is 5.75 Å². The molecule has 1 N–H and O–H groups in total. The number of ether oxygens (including phenoxy) is 1. The first-order valence-electron chi connectivity index (χ1n) is 5.28. The Bertz CT molecular complexity index is 596. The van der Waals surface area contributed by atoms with E-state index in [1.54, 1.807) is 13.2 Å². The largest absolute Gasteiger partial charge is 0.499 e. The maximum absolute atomic E-state index is 9.35. The molecule has 0 fully saturated rings. The topological polar surface area (TPSA) is 29.5 Å². The third-order valence-corrected chi connectivity index (χ3v) is 3.24. The molecule has 2 rings (SSSR count). The van der Waals surface area contributed by atoms with Crippen molar-refractivity contribution in [3.05, 3.63) is 52.5 Å². The number of aliphatic hydroxyl groups is 1. The first-order chi connectivity index (χ1) is 8.60. The van der Waals surface area contributed by atoms with Crippen molar-refractivity contribution in [3.8, 4) is 16.9 Å². The van der Waals surface area contributed by atoms with Crippen LogP contribution in [0.25, 0.3) is 11.1 Å². The van der Waals surface area contributed by atoms with Crippen molar-refractivity contribution in [2.75, 3.05) is 7.11 Å². The minimum atomic E-state index is -0.0983. The zero-order valence-corrected chi connectivity index (χ0v) is 12.1. The molecule has 2 aromatic carbocycles. The fourth-order valence-corrected chi connectivity index (χ4v) is 2.28. The molecule has 0 aromatic heterocycles. The van der Waals surface area contributed by atoms with Gasteiger partial charge in [-0.15, -0.1) is 0 Å². The molecule has 0 radical (unpaired) electrons. The Balaban J connectivity index is 2.51. The van der Waals surface area contributed by atoms with E-state index in [9.17, 15) is 5.11 Å². The van der Waals surface area contributed by atoms with E-state index in [1.165, 1.54) is 0 Å². The van der Waals surface area contributed by atoms with E-state index >= 15 is 0 Å². The number of halogens is 1. The second kappa shape index (κ2) is 5.50. The third kappa shape index (κ3) is 2.89. The highest BCUT2D eigenvalue weighted by atomic mass is 79.9. The average molecular weight is 323 g/mol. The minimum absolute atomic E-state index is 0.0983. The summed E-state index contributed by atoms with van der Waals surface area (Å²) in [4.78, 5) is 0. The molecule has 2 aromatic rings. The molecule has 4 heteroatoms. The third-order valence-electron chi connectivity index (χ3n) is 2.55.